The molecule has 2 aromatic heterocycles. The lowest BCUT2D eigenvalue weighted by Gasteiger charge is -2.30. The van der Waals surface area contributed by atoms with Gasteiger partial charge in [0.1, 0.15) is 11.6 Å². The van der Waals surface area contributed by atoms with E-state index in [0.29, 0.717) is 22.6 Å². The van der Waals surface area contributed by atoms with Crippen LogP contribution in [0.25, 0.3) is 0 Å². The average molecular weight is 349 g/mol. The van der Waals surface area contributed by atoms with Crippen molar-refractivity contribution in [2.24, 2.45) is 0 Å². The minimum Gasteiger partial charge on any atom is -0.323 e. The van der Waals surface area contributed by atoms with E-state index in [0.717, 1.165) is 6.20 Å². The zero-order chi connectivity index (χ0) is 18.5. The van der Waals surface area contributed by atoms with E-state index in [-0.39, 0.29) is 11.8 Å². The molecular weight excluding hydrogens is 333 g/mol. The van der Waals surface area contributed by atoms with Gasteiger partial charge in [0.2, 0.25) is 0 Å². The second-order valence-corrected chi connectivity index (χ2v) is 6.65. The molecule has 0 aliphatic carbocycles. The fraction of sp³-hybridized carbons (Fsp3) is 0.150. The molecule has 1 aliphatic rings. The highest BCUT2D eigenvalue weighted by Gasteiger charge is 2.39. The molecule has 130 valence electrons. The number of hydrogen-bond acceptors (Lipinski definition) is 3. The standard InChI is InChI=1S/C20H16FN3O2/c1-20(2,16-10-9-13(21)12-22-16)23-11-5-8-17(23)24-18(25)14-6-3-4-7-15(14)19(24)26/h3-12H,1-2H3. The highest BCUT2D eigenvalue weighted by atomic mass is 19.1. The molecule has 3 heterocycles. The maximum absolute atomic E-state index is 13.2. The molecule has 0 bridgehead atoms. The van der Waals surface area contributed by atoms with Gasteiger partial charge in [0.05, 0.1) is 28.6 Å². The Labute approximate surface area is 149 Å². The Hall–Kier alpha value is -3.28. The highest BCUT2D eigenvalue weighted by molar-refractivity contribution is 6.34. The number of amides is 2. The number of benzene rings is 1. The molecular formula is C20H16FN3O2. The van der Waals surface area contributed by atoms with Gasteiger partial charge < -0.3 is 4.57 Å². The van der Waals surface area contributed by atoms with Gasteiger partial charge >= 0.3 is 0 Å². The van der Waals surface area contributed by atoms with Crippen LogP contribution in [0.2, 0.25) is 0 Å². The van der Waals surface area contributed by atoms with Crippen molar-refractivity contribution in [3.63, 3.8) is 0 Å². The van der Waals surface area contributed by atoms with E-state index in [9.17, 15) is 14.0 Å². The highest BCUT2D eigenvalue weighted by Crippen LogP contribution is 2.34. The number of aromatic nitrogens is 2. The number of fused-ring (bicyclic) bond motifs is 1. The molecule has 4 rings (SSSR count). The molecule has 0 saturated heterocycles. The number of imide groups is 1. The summed E-state index contributed by atoms with van der Waals surface area (Å²) in [5.41, 5.74) is 0.709. The molecule has 0 N–H and O–H groups in total. The summed E-state index contributed by atoms with van der Waals surface area (Å²) in [6, 6.07) is 13.2. The Kier molecular flexibility index (Phi) is 3.50. The van der Waals surface area contributed by atoms with Gasteiger partial charge in [-0.2, -0.15) is 0 Å². The zero-order valence-corrected chi connectivity index (χ0v) is 14.3. The monoisotopic (exact) mass is 349 g/mol. The first-order valence-electron chi connectivity index (χ1n) is 8.19. The Morgan fingerprint density at radius 1 is 0.923 bits per heavy atom. The third-order valence-electron chi connectivity index (χ3n) is 4.71. The Morgan fingerprint density at radius 2 is 1.58 bits per heavy atom. The third-order valence-corrected chi connectivity index (χ3v) is 4.71. The van der Waals surface area contributed by atoms with E-state index in [4.69, 9.17) is 0 Å². The number of carbonyl (C=O) groups is 2. The van der Waals surface area contributed by atoms with Gasteiger partial charge in [-0.3, -0.25) is 14.6 Å². The number of carbonyl (C=O) groups excluding carboxylic acids is 2. The normalized spacial score (nSPS) is 14.0. The van der Waals surface area contributed by atoms with Gasteiger partial charge in [0.15, 0.2) is 0 Å². The number of halogens is 1. The fourth-order valence-electron chi connectivity index (χ4n) is 3.29. The molecule has 6 heteroatoms. The lowest BCUT2D eigenvalue weighted by molar-refractivity contribution is 0.0923. The van der Waals surface area contributed by atoms with Gasteiger partial charge in [-0.25, -0.2) is 9.29 Å². The number of pyridine rings is 1. The minimum atomic E-state index is -0.693. The van der Waals surface area contributed by atoms with Gasteiger partial charge in [-0.15, -0.1) is 0 Å². The quantitative estimate of drug-likeness (QED) is 0.679. The molecule has 1 aliphatic heterocycles. The van der Waals surface area contributed by atoms with Crippen LogP contribution in [0.15, 0.2) is 60.9 Å². The Morgan fingerprint density at radius 3 is 2.15 bits per heavy atom. The fourth-order valence-corrected chi connectivity index (χ4v) is 3.29. The summed E-state index contributed by atoms with van der Waals surface area (Å²) in [4.78, 5) is 30.9. The number of anilines is 1. The van der Waals surface area contributed by atoms with E-state index in [1.54, 1.807) is 53.2 Å². The third kappa shape index (κ3) is 2.26. The topological polar surface area (TPSA) is 55.2 Å². The van der Waals surface area contributed by atoms with Gasteiger partial charge in [0, 0.05) is 6.20 Å². The summed E-state index contributed by atoms with van der Waals surface area (Å²) < 4.78 is 15.0. The van der Waals surface area contributed by atoms with Crippen LogP contribution in [0, 0.1) is 5.82 Å². The van der Waals surface area contributed by atoms with Crippen LogP contribution in [-0.2, 0) is 5.54 Å². The molecule has 0 unspecified atom stereocenters. The number of hydrogen-bond donors (Lipinski definition) is 0. The zero-order valence-electron chi connectivity index (χ0n) is 14.3. The Balaban J connectivity index is 1.80. The van der Waals surface area contributed by atoms with Crippen molar-refractivity contribution < 1.29 is 14.0 Å². The molecule has 0 fully saturated rings. The van der Waals surface area contributed by atoms with E-state index in [1.165, 1.54) is 11.0 Å². The maximum Gasteiger partial charge on any atom is 0.267 e. The van der Waals surface area contributed by atoms with Crippen LogP contribution in [0.5, 0.6) is 0 Å². The van der Waals surface area contributed by atoms with E-state index in [2.05, 4.69) is 4.98 Å². The SMILES string of the molecule is CC(C)(c1ccc(F)cn1)n1cccc1N1C(=O)c2ccccc2C1=O. The van der Waals surface area contributed by atoms with Crippen LogP contribution in [-0.4, -0.2) is 21.4 Å². The predicted octanol–water partition coefficient (Wildman–Crippen LogP) is 3.61. The minimum absolute atomic E-state index is 0.353. The van der Waals surface area contributed by atoms with E-state index >= 15 is 0 Å². The van der Waals surface area contributed by atoms with Crippen molar-refractivity contribution in [3.05, 3.63) is 83.6 Å². The summed E-state index contributed by atoms with van der Waals surface area (Å²) in [5, 5.41) is 0. The van der Waals surface area contributed by atoms with Crippen molar-refractivity contribution in [1.82, 2.24) is 9.55 Å². The van der Waals surface area contributed by atoms with Crippen LogP contribution in [0.3, 0.4) is 0 Å². The molecule has 5 nitrogen and oxygen atoms in total. The summed E-state index contributed by atoms with van der Waals surface area (Å²) in [6.07, 6.45) is 2.94. The van der Waals surface area contributed by atoms with Gasteiger partial charge in [-0.05, 0) is 50.2 Å². The largest absolute Gasteiger partial charge is 0.323 e. The van der Waals surface area contributed by atoms with Crippen molar-refractivity contribution >= 4 is 17.6 Å². The van der Waals surface area contributed by atoms with Crippen LogP contribution < -0.4 is 4.90 Å². The average Bonchev–Trinajstić information content (AvgIpc) is 3.20. The van der Waals surface area contributed by atoms with Crippen LogP contribution >= 0.6 is 0 Å². The molecule has 2 amide bonds. The first-order chi connectivity index (χ1) is 12.4. The molecule has 3 aromatic rings. The lowest BCUT2D eigenvalue weighted by atomic mass is 9.99. The molecule has 0 atom stereocenters. The molecule has 0 radical (unpaired) electrons. The van der Waals surface area contributed by atoms with Gasteiger partial charge in [-0.1, -0.05) is 12.1 Å². The van der Waals surface area contributed by atoms with Crippen molar-refractivity contribution in [1.29, 1.82) is 0 Å². The summed E-state index contributed by atoms with van der Waals surface area (Å²) in [6.45, 7) is 3.80. The summed E-state index contributed by atoms with van der Waals surface area (Å²) in [7, 11) is 0. The van der Waals surface area contributed by atoms with Crippen molar-refractivity contribution in [2.45, 2.75) is 19.4 Å². The molecule has 0 saturated carbocycles. The van der Waals surface area contributed by atoms with Crippen molar-refractivity contribution in [2.75, 3.05) is 4.90 Å². The van der Waals surface area contributed by atoms with E-state index in [1.807, 2.05) is 13.8 Å². The second-order valence-electron chi connectivity index (χ2n) is 6.65. The number of nitrogens with zero attached hydrogens (tertiary/aromatic N) is 3. The first-order valence-corrected chi connectivity index (χ1v) is 8.19. The van der Waals surface area contributed by atoms with Crippen LogP contribution in [0.1, 0.15) is 40.3 Å². The second kappa shape index (κ2) is 5.62. The lowest BCUT2D eigenvalue weighted by Crippen LogP contribution is -2.36. The summed E-state index contributed by atoms with van der Waals surface area (Å²) in [5.74, 6) is -0.674. The maximum atomic E-state index is 13.2. The summed E-state index contributed by atoms with van der Waals surface area (Å²) >= 11 is 0. The molecule has 0 spiro atoms. The predicted molar refractivity (Wildman–Crippen MR) is 94.6 cm³/mol. The first kappa shape index (κ1) is 16.2. The molecule has 1 aromatic carbocycles. The number of rotatable bonds is 3. The van der Waals surface area contributed by atoms with Crippen LogP contribution in [0.4, 0.5) is 10.2 Å². The molecule has 26 heavy (non-hydrogen) atoms. The van der Waals surface area contributed by atoms with Crippen molar-refractivity contribution in [3.8, 4) is 0 Å². The van der Waals surface area contributed by atoms with Gasteiger partial charge in [0.25, 0.3) is 11.8 Å². The smallest absolute Gasteiger partial charge is 0.267 e. The van der Waals surface area contributed by atoms with E-state index < -0.39 is 11.4 Å². The Bertz CT molecular complexity index is 987.